The summed E-state index contributed by atoms with van der Waals surface area (Å²) in [6.07, 6.45) is 3.70. The van der Waals surface area contributed by atoms with Crippen molar-refractivity contribution in [1.29, 1.82) is 0 Å². The van der Waals surface area contributed by atoms with E-state index >= 15 is 0 Å². The van der Waals surface area contributed by atoms with Crippen LogP contribution in [0.4, 0.5) is 0 Å². The van der Waals surface area contributed by atoms with Crippen molar-refractivity contribution >= 4 is 0 Å². The van der Waals surface area contributed by atoms with Crippen LogP contribution in [0.5, 0.6) is 0 Å². The molecule has 0 spiro atoms. The fraction of sp³-hybridized carbons (Fsp3) is 0.292. The van der Waals surface area contributed by atoms with Crippen LogP contribution in [-0.2, 0) is 11.8 Å². The predicted molar refractivity (Wildman–Crippen MR) is 115 cm³/mol. The van der Waals surface area contributed by atoms with Crippen LogP contribution in [0.1, 0.15) is 45.4 Å². The molecule has 0 aliphatic rings. The second-order valence-corrected chi connectivity index (χ2v) is 8.25. The zero-order chi connectivity index (χ0) is 20.4. The van der Waals surface area contributed by atoms with Gasteiger partial charge in [-0.25, -0.2) is 4.68 Å². The number of nitrogens with zero attached hydrogens (tertiary/aromatic N) is 4. The standard InChI is InChI=1S/C24H26N4O/c1-5-9-21-20(16-25-28(21)19-10-7-6-8-11-19)23-26-22(27-29-23)17-12-14-18(15-13-17)24(2,3)4/h6-8,10-16H,5,9H2,1-4H3. The van der Waals surface area contributed by atoms with Crippen molar-refractivity contribution in [3.63, 3.8) is 0 Å². The first-order valence-corrected chi connectivity index (χ1v) is 10.0. The molecule has 0 N–H and O–H groups in total. The molecule has 0 aliphatic heterocycles. The van der Waals surface area contributed by atoms with E-state index in [0.29, 0.717) is 11.7 Å². The van der Waals surface area contributed by atoms with E-state index in [-0.39, 0.29) is 5.41 Å². The molecule has 4 aromatic rings. The average molecular weight is 386 g/mol. The summed E-state index contributed by atoms with van der Waals surface area (Å²) in [4.78, 5) is 4.66. The van der Waals surface area contributed by atoms with Gasteiger partial charge in [0, 0.05) is 5.56 Å². The minimum absolute atomic E-state index is 0.113. The van der Waals surface area contributed by atoms with Crippen LogP contribution in [0.3, 0.4) is 0 Å². The van der Waals surface area contributed by atoms with E-state index in [0.717, 1.165) is 35.3 Å². The predicted octanol–water partition coefficient (Wildman–Crippen LogP) is 5.84. The van der Waals surface area contributed by atoms with Gasteiger partial charge >= 0.3 is 0 Å². The van der Waals surface area contributed by atoms with Gasteiger partial charge in [0.05, 0.1) is 23.1 Å². The molecule has 0 saturated heterocycles. The van der Waals surface area contributed by atoms with Crippen molar-refractivity contribution in [1.82, 2.24) is 19.9 Å². The third-order valence-electron chi connectivity index (χ3n) is 5.02. The van der Waals surface area contributed by atoms with Gasteiger partial charge in [-0.05, 0) is 29.5 Å². The Hall–Kier alpha value is -3.21. The summed E-state index contributed by atoms with van der Waals surface area (Å²) in [6, 6.07) is 18.5. The highest BCUT2D eigenvalue weighted by molar-refractivity contribution is 5.62. The average Bonchev–Trinajstić information content (AvgIpc) is 3.36. The summed E-state index contributed by atoms with van der Waals surface area (Å²) >= 11 is 0. The summed E-state index contributed by atoms with van der Waals surface area (Å²) in [5.41, 5.74) is 5.33. The Labute approximate surface area is 171 Å². The third-order valence-corrected chi connectivity index (χ3v) is 5.02. The zero-order valence-corrected chi connectivity index (χ0v) is 17.4. The molecule has 2 aromatic carbocycles. The number of rotatable bonds is 5. The highest BCUT2D eigenvalue weighted by atomic mass is 16.5. The Bertz CT molecular complexity index is 1090. The molecular weight excluding hydrogens is 360 g/mol. The maximum absolute atomic E-state index is 5.62. The SMILES string of the molecule is CCCc1c(-c2nc(-c3ccc(C(C)(C)C)cc3)no2)cnn1-c1ccccc1. The first-order valence-electron chi connectivity index (χ1n) is 10.0. The maximum atomic E-state index is 5.62. The molecule has 0 bridgehead atoms. The number of aromatic nitrogens is 4. The van der Waals surface area contributed by atoms with Gasteiger partial charge < -0.3 is 4.52 Å². The van der Waals surface area contributed by atoms with Crippen LogP contribution < -0.4 is 0 Å². The highest BCUT2D eigenvalue weighted by Gasteiger charge is 2.20. The smallest absolute Gasteiger partial charge is 0.261 e. The number of hydrogen-bond acceptors (Lipinski definition) is 4. The fourth-order valence-corrected chi connectivity index (χ4v) is 3.39. The molecular formula is C24H26N4O. The van der Waals surface area contributed by atoms with E-state index in [1.54, 1.807) is 0 Å². The van der Waals surface area contributed by atoms with Gasteiger partial charge in [0.15, 0.2) is 0 Å². The van der Waals surface area contributed by atoms with Gasteiger partial charge in [-0.1, -0.05) is 81.7 Å². The van der Waals surface area contributed by atoms with Crippen molar-refractivity contribution in [3.05, 3.63) is 72.1 Å². The molecule has 29 heavy (non-hydrogen) atoms. The van der Waals surface area contributed by atoms with Gasteiger partial charge in [-0.3, -0.25) is 0 Å². The van der Waals surface area contributed by atoms with E-state index in [1.165, 1.54) is 5.56 Å². The molecule has 2 aromatic heterocycles. The van der Waals surface area contributed by atoms with Crippen molar-refractivity contribution in [3.8, 4) is 28.5 Å². The van der Waals surface area contributed by atoms with Crippen molar-refractivity contribution in [2.24, 2.45) is 0 Å². The van der Waals surface area contributed by atoms with Crippen LogP contribution in [-0.4, -0.2) is 19.9 Å². The second kappa shape index (κ2) is 7.66. The van der Waals surface area contributed by atoms with Gasteiger partial charge in [0.1, 0.15) is 0 Å². The lowest BCUT2D eigenvalue weighted by molar-refractivity contribution is 0.432. The largest absolute Gasteiger partial charge is 0.333 e. The molecule has 2 heterocycles. The normalized spacial score (nSPS) is 11.7. The summed E-state index contributed by atoms with van der Waals surface area (Å²) < 4.78 is 7.58. The quantitative estimate of drug-likeness (QED) is 0.432. The maximum Gasteiger partial charge on any atom is 0.261 e. The lowest BCUT2D eigenvalue weighted by atomic mass is 9.87. The molecule has 0 atom stereocenters. The summed E-state index contributed by atoms with van der Waals surface area (Å²) in [5, 5.41) is 8.81. The summed E-state index contributed by atoms with van der Waals surface area (Å²) in [5.74, 6) is 1.10. The van der Waals surface area contributed by atoms with E-state index in [9.17, 15) is 0 Å². The molecule has 5 heteroatoms. The molecule has 5 nitrogen and oxygen atoms in total. The van der Waals surface area contributed by atoms with Gasteiger partial charge in [-0.2, -0.15) is 10.1 Å². The van der Waals surface area contributed by atoms with E-state index < -0.39 is 0 Å². The van der Waals surface area contributed by atoms with E-state index in [1.807, 2.05) is 41.2 Å². The van der Waals surface area contributed by atoms with Crippen LogP contribution in [0.2, 0.25) is 0 Å². The summed E-state index contributed by atoms with van der Waals surface area (Å²) in [6.45, 7) is 8.76. The van der Waals surface area contributed by atoms with Crippen LogP contribution >= 0.6 is 0 Å². The molecule has 0 radical (unpaired) electrons. The van der Waals surface area contributed by atoms with Gasteiger partial charge in [-0.15, -0.1) is 0 Å². The molecule has 0 amide bonds. The van der Waals surface area contributed by atoms with Crippen LogP contribution in [0.25, 0.3) is 28.5 Å². The lowest BCUT2D eigenvalue weighted by Gasteiger charge is -2.18. The van der Waals surface area contributed by atoms with Gasteiger partial charge in [0.2, 0.25) is 5.82 Å². The number of benzene rings is 2. The summed E-state index contributed by atoms with van der Waals surface area (Å²) in [7, 11) is 0. The lowest BCUT2D eigenvalue weighted by Crippen LogP contribution is -2.10. The van der Waals surface area contributed by atoms with Gasteiger partial charge in [0.25, 0.3) is 5.89 Å². The molecule has 0 unspecified atom stereocenters. The first-order chi connectivity index (χ1) is 14.0. The monoisotopic (exact) mass is 386 g/mol. The Morgan fingerprint density at radius 1 is 0.966 bits per heavy atom. The zero-order valence-electron chi connectivity index (χ0n) is 17.4. The highest BCUT2D eigenvalue weighted by Crippen LogP contribution is 2.29. The Kier molecular flexibility index (Phi) is 5.05. The fourth-order valence-electron chi connectivity index (χ4n) is 3.39. The topological polar surface area (TPSA) is 56.7 Å². The Balaban J connectivity index is 1.69. The molecule has 0 saturated carbocycles. The van der Waals surface area contributed by atoms with Crippen LogP contribution in [0.15, 0.2) is 65.3 Å². The Morgan fingerprint density at radius 3 is 2.34 bits per heavy atom. The number of para-hydroxylation sites is 1. The van der Waals surface area contributed by atoms with Crippen molar-refractivity contribution in [2.45, 2.75) is 46.0 Å². The number of hydrogen-bond donors (Lipinski definition) is 0. The molecule has 0 fully saturated rings. The minimum Gasteiger partial charge on any atom is -0.333 e. The van der Waals surface area contributed by atoms with E-state index in [2.05, 4.69) is 67.2 Å². The van der Waals surface area contributed by atoms with Crippen molar-refractivity contribution in [2.75, 3.05) is 0 Å². The van der Waals surface area contributed by atoms with E-state index in [4.69, 9.17) is 4.52 Å². The van der Waals surface area contributed by atoms with Crippen molar-refractivity contribution < 1.29 is 4.52 Å². The molecule has 148 valence electrons. The van der Waals surface area contributed by atoms with Crippen LogP contribution in [0, 0.1) is 0 Å². The minimum atomic E-state index is 0.113. The second-order valence-electron chi connectivity index (χ2n) is 8.25. The third kappa shape index (κ3) is 3.86. The molecule has 0 aliphatic carbocycles. The Morgan fingerprint density at radius 2 is 1.69 bits per heavy atom. The first kappa shape index (κ1) is 19.1. The molecule has 4 rings (SSSR count).